The molecule has 1 heterocycles. The number of rotatable bonds is 3. The van der Waals surface area contributed by atoms with Crippen molar-refractivity contribution < 1.29 is 4.74 Å². The number of ether oxygens (including phenoxy) is 1. The third kappa shape index (κ3) is 2.44. The zero-order valence-electron chi connectivity index (χ0n) is 8.64. The summed E-state index contributed by atoms with van der Waals surface area (Å²) in [6.07, 6.45) is 7.20. The Morgan fingerprint density at radius 3 is 2.77 bits per heavy atom. The zero-order valence-corrected chi connectivity index (χ0v) is 8.64. The average Bonchev–Trinajstić information content (AvgIpc) is 2.72. The molecule has 1 unspecified atom stereocenters. The Labute approximate surface area is 81.0 Å². The normalized spacial score (nSPS) is 35.8. The van der Waals surface area contributed by atoms with E-state index in [-0.39, 0.29) is 0 Å². The number of hydrogen-bond donors (Lipinski definition) is 1. The van der Waals surface area contributed by atoms with E-state index in [0.717, 1.165) is 13.2 Å². The van der Waals surface area contributed by atoms with Crippen LogP contribution in [0, 0.1) is 5.41 Å². The molecule has 0 aromatic heterocycles. The Morgan fingerprint density at radius 2 is 2.15 bits per heavy atom. The molecule has 13 heavy (non-hydrogen) atoms. The smallest absolute Gasteiger partial charge is 0.0575 e. The van der Waals surface area contributed by atoms with E-state index in [1.54, 1.807) is 0 Å². The van der Waals surface area contributed by atoms with Gasteiger partial charge < -0.3 is 10.1 Å². The first kappa shape index (κ1) is 9.47. The quantitative estimate of drug-likeness (QED) is 0.722. The van der Waals surface area contributed by atoms with E-state index in [1.807, 2.05) is 0 Å². The molecule has 1 saturated heterocycles. The van der Waals surface area contributed by atoms with Crippen LogP contribution in [0.15, 0.2) is 0 Å². The van der Waals surface area contributed by atoms with E-state index in [1.165, 1.54) is 38.6 Å². The maximum absolute atomic E-state index is 5.95. The van der Waals surface area contributed by atoms with Crippen LogP contribution in [0.2, 0.25) is 0 Å². The van der Waals surface area contributed by atoms with Gasteiger partial charge in [-0.25, -0.2) is 0 Å². The lowest BCUT2D eigenvalue weighted by Crippen LogP contribution is -2.28. The van der Waals surface area contributed by atoms with Crippen LogP contribution in [-0.4, -0.2) is 25.8 Å². The molecule has 2 rings (SSSR count). The zero-order chi connectivity index (χ0) is 9.15. The Bertz CT molecular complexity index is 157. The highest BCUT2D eigenvalue weighted by Gasteiger charge is 2.30. The molecule has 76 valence electrons. The molecule has 1 aliphatic heterocycles. The van der Waals surface area contributed by atoms with Gasteiger partial charge in [0.25, 0.3) is 0 Å². The van der Waals surface area contributed by atoms with Gasteiger partial charge in [-0.2, -0.15) is 0 Å². The van der Waals surface area contributed by atoms with Crippen LogP contribution in [0.3, 0.4) is 0 Å². The highest BCUT2D eigenvalue weighted by Crippen LogP contribution is 2.28. The van der Waals surface area contributed by atoms with Crippen LogP contribution in [-0.2, 0) is 4.74 Å². The monoisotopic (exact) mass is 183 g/mol. The molecule has 0 radical (unpaired) electrons. The highest BCUT2D eigenvalue weighted by atomic mass is 16.5. The fourth-order valence-electron chi connectivity index (χ4n) is 2.37. The predicted octanol–water partition coefficient (Wildman–Crippen LogP) is 1.95. The van der Waals surface area contributed by atoms with Crippen molar-refractivity contribution in [3.63, 3.8) is 0 Å². The van der Waals surface area contributed by atoms with Gasteiger partial charge in [0, 0.05) is 12.0 Å². The first-order valence-corrected chi connectivity index (χ1v) is 5.61. The summed E-state index contributed by atoms with van der Waals surface area (Å²) in [5, 5.41) is 3.41. The molecule has 2 aliphatic rings. The van der Waals surface area contributed by atoms with Crippen molar-refractivity contribution in [1.29, 1.82) is 0 Å². The second-order valence-corrected chi connectivity index (χ2v) is 4.95. The summed E-state index contributed by atoms with van der Waals surface area (Å²) in [7, 11) is 0. The Morgan fingerprint density at radius 1 is 1.38 bits per heavy atom. The van der Waals surface area contributed by atoms with Gasteiger partial charge in [0.1, 0.15) is 0 Å². The minimum Gasteiger partial charge on any atom is -0.378 e. The topological polar surface area (TPSA) is 21.3 Å². The Balaban J connectivity index is 1.71. The SMILES string of the molecule is CC1(COC2CCCC2)CCNC1. The fourth-order valence-corrected chi connectivity index (χ4v) is 2.37. The summed E-state index contributed by atoms with van der Waals surface area (Å²) in [6, 6.07) is 0. The van der Waals surface area contributed by atoms with Crippen molar-refractivity contribution in [2.45, 2.75) is 45.1 Å². The van der Waals surface area contributed by atoms with Crippen molar-refractivity contribution in [3.05, 3.63) is 0 Å². The maximum atomic E-state index is 5.95. The van der Waals surface area contributed by atoms with Crippen molar-refractivity contribution in [1.82, 2.24) is 5.32 Å². The summed E-state index contributed by atoms with van der Waals surface area (Å²) in [4.78, 5) is 0. The van der Waals surface area contributed by atoms with Crippen molar-refractivity contribution in [2.75, 3.05) is 19.7 Å². The molecule has 0 aromatic carbocycles. The maximum Gasteiger partial charge on any atom is 0.0575 e. The fraction of sp³-hybridized carbons (Fsp3) is 1.00. The molecule has 0 spiro atoms. The summed E-state index contributed by atoms with van der Waals surface area (Å²) >= 11 is 0. The van der Waals surface area contributed by atoms with Gasteiger partial charge in [-0.1, -0.05) is 19.8 Å². The van der Waals surface area contributed by atoms with E-state index < -0.39 is 0 Å². The number of nitrogens with one attached hydrogen (secondary N) is 1. The summed E-state index contributed by atoms with van der Waals surface area (Å²) in [5.41, 5.74) is 0.419. The lowest BCUT2D eigenvalue weighted by molar-refractivity contribution is 0.00715. The van der Waals surface area contributed by atoms with Gasteiger partial charge in [0.15, 0.2) is 0 Å². The highest BCUT2D eigenvalue weighted by molar-refractivity contribution is 4.84. The Hall–Kier alpha value is -0.0800. The molecule has 1 aliphatic carbocycles. The van der Waals surface area contributed by atoms with E-state index in [0.29, 0.717) is 11.5 Å². The first-order valence-electron chi connectivity index (χ1n) is 5.61. The van der Waals surface area contributed by atoms with Crippen LogP contribution in [0.1, 0.15) is 39.0 Å². The third-order valence-corrected chi connectivity index (χ3v) is 3.43. The van der Waals surface area contributed by atoms with Crippen LogP contribution in [0.5, 0.6) is 0 Å². The minimum absolute atomic E-state index is 0.419. The third-order valence-electron chi connectivity index (χ3n) is 3.43. The lowest BCUT2D eigenvalue weighted by atomic mass is 9.91. The van der Waals surface area contributed by atoms with Crippen LogP contribution >= 0.6 is 0 Å². The molecule has 1 atom stereocenters. The van der Waals surface area contributed by atoms with Crippen LogP contribution < -0.4 is 5.32 Å². The molecule has 0 aromatic rings. The van der Waals surface area contributed by atoms with Crippen molar-refractivity contribution >= 4 is 0 Å². The summed E-state index contributed by atoms with van der Waals surface area (Å²) in [6.45, 7) is 5.61. The van der Waals surface area contributed by atoms with Gasteiger partial charge in [-0.15, -0.1) is 0 Å². The van der Waals surface area contributed by atoms with E-state index >= 15 is 0 Å². The van der Waals surface area contributed by atoms with Gasteiger partial charge in [0.2, 0.25) is 0 Å². The molecular formula is C11H21NO. The van der Waals surface area contributed by atoms with Gasteiger partial charge in [-0.05, 0) is 25.8 Å². The van der Waals surface area contributed by atoms with Crippen molar-refractivity contribution in [3.8, 4) is 0 Å². The Kier molecular flexibility index (Phi) is 2.89. The van der Waals surface area contributed by atoms with E-state index in [4.69, 9.17) is 4.74 Å². The number of hydrogen-bond acceptors (Lipinski definition) is 2. The molecule has 1 N–H and O–H groups in total. The molecule has 0 bridgehead atoms. The minimum atomic E-state index is 0.419. The predicted molar refractivity (Wildman–Crippen MR) is 53.8 cm³/mol. The largest absolute Gasteiger partial charge is 0.378 e. The summed E-state index contributed by atoms with van der Waals surface area (Å²) in [5.74, 6) is 0. The standard InChI is InChI=1S/C11H21NO/c1-11(6-7-12-8-11)9-13-10-4-2-3-5-10/h10,12H,2-9H2,1H3. The summed E-state index contributed by atoms with van der Waals surface area (Å²) < 4.78 is 5.95. The van der Waals surface area contributed by atoms with E-state index in [2.05, 4.69) is 12.2 Å². The molecular weight excluding hydrogens is 162 g/mol. The van der Waals surface area contributed by atoms with Gasteiger partial charge in [-0.3, -0.25) is 0 Å². The first-order chi connectivity index (χ1) is 6.29. The van der Waals surface area contributed by atoms with Crippen LogP contribution in [0.25, 0.3) is 0 Å². The molecule has 2 heteroatoms. The molecule has 1 saturated carbocycles. The van der Waals surface area contributed by atoms with E-state index in [9.17, 15) is 0 Å². The van der Waals surface area contributed by atoms with Gasteiger partial charge >= 0.3 is 0 Å². The van der Waals surface area contributed by atoms with Gasteiger partial charge in [0.05, 0.1) is 12.7 Å². The average molecular weight is 183 g/mol. The van der Waals surface area contributed by atoms with Crippen LogP contribution in [0.4, 0.5) is 0 Å². The second-order valence-electron chi connectivity index (χ2n) is 4.95. The molecule has 2 fully saturated rings. The molecule has 2 nitrogen and oxygen atoms in total. The molecule has 0 amide bonds. The lowest BCUT2D eigenvalue weighted by Gasteiger charge is -2.24. The second kappa shape index (κ2) is 3.97. The van der Waals surface area contributed by atoms with Crippen molar-refractivity contribution in [2.24, 2.45) is 5.41 Å².